The molecule has 0 aromatic carbocycles. The molecule has 7 nitrogen and oxygen atoms in total. The summed E-state index contributed by atoms with van der Waals surface area (Å²) in [5, 5.41) is 5.53. The van der Waals surface area contributed by atoms with E-state index < -0.39 is 18.3 Å². The quantitative estimate of drug-likeness (QED) is 0.801. The molecule has 0 bridgehead atoms. The summed E-state index contributed by atoms with van der Waals surface area (Å²) >= 11 is 0. The van der Waals surface area contributed by atoms with Crippen LogP contribution < -0.4 is 16.1 Å². The van der Waals surface area contributed by atoms with Gasteiger partial charge < -0.3 is 14.6 Å². The molecule has 1 saturated heterocycles. The van der Waals surface area contributed by atoms with E-state index in [2.05, 4.69) is 20.6 Å². The lowest BCUT2D eigenvalue weighted by Gasteiger charge is -2.32. The van der Waals surface area contributed by atoms with Crippen LogP contribution in [0, 0.1) is 0 Å². The van der Waals surface area contributed by atoms with Gasteiger partial charge in [0.2, 0.25) is 11.9 Å². The number of carbonyl (C=O) groups is 1. The second-order valence-electron chi connectivity index (χ2n) is 6.02. The van der Waals surface area contributed by atoms with Gasteiger partial charge in [-0.05, 0) is 27.7 Å². The predicted molar refractivity (Wildman–Crippen MR) is 81.6 cm³/mol. The Hall–Kier alpha value is -1.67. The third-order valence-electron chi connectivity index (χ3n) is 3.85. The average Bonchev–Trinajstić information content (AvgIpc) is 2.57. The molecule has 1 amide bonds. The van der Waals surface area contributed by atoms with Gasteiger partial charge in [0.15, 0.2) is 0 Å². The smallest absolute Gasteiger partial charge is 0.399 e. The van der Waals surface area contributed by atoms with Crippen molar-refractivity contribution in [3.63, 3.8) is 0 Å². The van der Waals surface area contributed by atoms with Gasteiger partial charge >= 0.3 is 7.12 Å². The van der Waals surface area contributed by atoms with Crippen LogP contribution in [0.5, 0.6) is 0 Å². The van der Waals surface area contributed by atoms with Gasteiger partial charge in [-0.2, -0.15) is 4.98 Å². The Bertz CT molecular complexity index is 546. The first-order valence-corrected chi connectivity index (χ1v) is 6.84. The molecule has 1 fully saturated rings. The van der Waals surface area contributed by atoms with Gasteiger partial charge in [-0.25, -0.2) is 4.98 Å². The van der Waals surface area contributed by atoms with Crippen molar-refractivity contribution in [3.05, 3.63) is 6.20 Å². The lowest BCUT2D eigenvalue weighted by atomic mass is 9.80. The maximum atomic E-state index is 11.1. The van der Waals surface area contributed by atoms with Gasteiger partial charge in [0, 0.05) is 25.6 Å². The fourth-order valence-corrected chi connectivity index (χ4v) is 1.95. The molecule has 2 N–H and O–H groups in total. The number of aromatic nitrogens is 2. The summed E-state index contributed by atoms with van der Waals surface area (Å²) in [6, 6.07) is 0. The number of amides is 1. The largest absolute Gasteiger partial charge is 0.500 e. The van der Waals surface area contributed by atoms with Gasteiger partial charge in [-0.3, -0.25) is 10.1 Å². The maximum absolute atomic E-state index is 11.1. The van der Waals surface area contributed by atoms with Crippen LogP contribution in [0.2, 0.25) is 0 Å². The molecule has 0 radical (unpaired) electrons. The molecule has 114 valence electrons. The van der Waals surface area contributed by atoms with Crippen molar-refractivity contribution in [1.82, 2.24) is 9.97 Å². The van der Waals surface area contributed by atoms with Gasteiger partial charge in [-0.1, -0.05) is 0 Å². The molecular formula is C13H21BN4O3. The number of nitrogens with zero attached hydrogens (tertiary/aromatic N) is 2. The molecule has 0 spiro atoms. The fraction of sp³-hybridized carbons (Fsp3) is 0.615. The topological polar surface area (TPSA) is 85.4 Å². The summed E-state index contributed by atoms with van der Waals surface area (Å²) in [6.07, 6.45) is 1.60. The minimum absolute atomic E-state index is 0.222. The summed E-state index contributed by atoms with van der Waals surface area (Å²) < 4.78 is 12.0. The minimum atomic E-state index is -0.552. The summed E-state index contributed by atoms with van der Waals surface area (Å²) in [5.74, 6) is 0.583. The molecule has 1 aliphatic rings. The van der Waals surface area contributed by atoms with E-state index in [1.807, 2.05) is 27.7 Å². The average molecular weight is 292 g/mol. The zero-order valence-corrected chi connectivity index (χ0v) is 13.3. The Morgan fingerprint density at radius 1 is 1.24 bits per heavy atom. The number of hydrogen-bond acceptors (Lipinski definition) is 6. The first-order valence-electron chi connectivity index (χ1n) is 6.84. The molecule has 2 rings (SSSR count). The SMILES string of the molecule is CNc1nc(NC(C)=O)ncc1B1OC(C)(C)C(C)(C)O1. The van der Waals surface area contributed by atoms with E-state index in [4.69, 9.17) is 9.31 Å². The number of nitrogens with one attached hydrogen (secondary N) is 2. The van der Waals surface area contributed by atoms with Crippen molar-refractivity contribution in [1.29, 1.82) is 0 Å². The monoisotopic (exact) mass is 292 g/mol. The lowest BCUT2D eigenvalue weighted by Crippen LogP contribution is -2.41. The molecule has 21 heavy (non-hydrogen) atoms. The highest BCUT2D eigenvalue weighted by molar-refractivity contribution is 6.63. The Morgan fingerprint density at radius 2 is 1.81 bits per heavy atom. The van der Waals surface area contributed by atoms with Crippen molar-refractivity contribution in [2.45, 2.75) is 45.8 Å². The minimum Gasteiger partial charge on any atom is -0.399 e. The Balaban J connectivity index is 2.31. The zero-order chi connectivity index (χ0) is 15.8. The van der Waals surface area contributed by atoms with E-state index in [9.17, 15) is 4.79 Å². The first-order chi connectivity index (χ1) is 9.66. The molecule has 0 aliphatic carbocycles. The Labute approximate surface area is 125 Å². The van der Waals surface area contributed by atoms with Crippen LogP contribution in [0.3, 0.4) is 0 Å². The van der Waals surface area contributed by atoms with Crippen molar-refractivity contribution in [3.8, 4) is 0 Å². The number of carbonyl (C=O) groups excluding carboxylic acids is 1. The van der Waals surface area contributed by atoms with Gasteiger partial charge in [0.1, 0.15) is 5.82 Å². The van der Waals surface area contributed by atoms with Crippen LogP contribution in [0.15, 0.2) is 6.20 Å². The van der Waals surface area contributed by atoms with Crippen LogP contribution in [0.1, 0.15) is 34.6 Å². The van der Waals surface area contributed by atoms with Crippen molar-refractivity contribution in [2.24, 2.45) is 0 Å². The van der Waals surface area contributed by atoms with Gasteiger partial charge in [0.25, 0.3) is 0 Å². The second kappa shape index (κ2) is 5.27. The third kappa shape index (κ3) is 3.01. The van der Waals surface area contributed by atoms with Crippen LogP contribution in [0.4, 0.5) is 11.8 Å². The van der Waals surface area contributed by atoms with Crippen molar-refractivity contribution < 1.29 is 14.1 Å². The van der Waals surface area contributed by atoms with E-state index in [1.165, 1.54) is 6.92 Å². The highest BCUT2D eigenvalue weighted by atomic mass is 16.7. The normalized spacial score (nSPS) is 19.4. The summed E-state index contributed by atoms with van der Waals surface area (Å²) in [5.41, 5.74) is -0.164. The standard InChI is InChI=1S/C13H21BN4O3/c1-8(19)17-11-16-7-9(10(15-6)18-11)14-20-12(2,3)13(4,5)21-14/h7H,1-6H3,(H2,15,16,17,18,19). The molecule has 0 saturated carbocycles. The third-order valence-corrected chi connectivity index (χ3v) is 3.85. The van der Waals surface area contributed by atoms with E-state index in [0.29, 0.717) is 11.3 Å². The summed E-state index contributed by atoms with van der Waals surface area (Å²) in [6.45, 7) is 9.35. The molecule has 0 unspecified atom stereocenters. The van der Waals surface area contributed by atoms with Crippen LogP contribution in [-0.2, 0) is 14.1 Å². The fourth-order valence-electron chi connectivity index (χ4n) is 1.95. The highest BCUT2D eigenvalue weighted by Crippen LogP contribution is 2.36. The zero-order valence-electron chi connectivity index (χ0n) is 13.3. The summed E-state index contributed by atoms with van der Waals surface area (Å²) in [4.78, 5) is 19.4. The maximum Gasteiger partial charge on any atom is 0.500 e. The highest BCUT2D eigenvalue weighted by Gasteiger charge is 2.52. The van der Waals surface area contributed by atoms with E-state index in [1.54, 1.807) is 13.2 Å². The summed E-state index contributed by atoms with van der Waals surface area (Å²) in [7, 11) is 1.19. The Morgan fingerprint density at radius 3 is 2.29 bits per heavy atom. The Kier molecular flexibility index (Phi) is 3.94. The molecule has 0 atom stereocenters. The number of rotatable bonds is 3. The van der Waals surface area contributed by atoms with E-state index >= 15 is 0 Å². The number of anilines is 2. The number of hydrogen-bond donors (Lipinski definition) is 2. The van der Waals surface area contributed by atoms with Crippen LogP contribution in [-0.4, -0.2) is 41.2 Å². The molecule has 1 aromatic heterocycles. The molecular weight excluding hydrogens is 271 g/mol. The molecule has 1 aliphatic heterocycles. The molecule has 1 aromatic rings. The van der Waals surface area contributed by atoms with Crippen LogP contribution in [0.25, 0.3) is 0 Å². The molecule has 8 heteroatoms. The van der Waals surface area contributed by atoms with Gasteiger partial charge in [-0.15, -0.1) is 0 Å². The first kappa shape index (κ1) is 15.7. The lowest BCUT2D eigenvalue weighted by molar-refractivity contribution is -0.114. The van der Waals surface area contributed by atoms with Crippen molar-refractivity contribution in [2.75, 3.05) is 17.7 Å². The van der Waals surface area contributed by atoms with Gasteiger partial charge in [0.05, 0.1) is 11.2 Å². The van der Waals surface area contributed by atoms with Crippen LogP contribution >= 0.6 is 0 Å². The van der Waals surface area contributed by atoms with E-state index in [-0.39, 0.29) is 11.9 Å². The molecule has 2 heterocycles. The van der Waals surface area contributed by atoms with Crippen molar-refractivity contribution >= 4 is 30.3 Å². The predicted octanol–water partition coefficient (Wildman–Crippen LogP) is 0.776. The second-order valence-corrected chi connectivity index (χ2v) is 6.02. The van der Waals surface area contributed by atoms with E-state index in [0.717, 1.165) is 0 Å².